The van der Waals surface area contributed by atoms with E-state index in [2.05, 4.69) is 36.9 Å². The van der Waals surface area contributed by atoms with Crippen LogP contribution in [-0.4, -0.2) is 53.6 Å². The lowest BCUT2D eigenvalue weighted by Crippen LogP contribution is -2.54. The number of likely N-dealkylation sites (tertiary alicyclic amines) is 2. The predicted octanol–water partition coefficient (Wildman–Crippen LogP) is 2.89. The second kappa shape index (κ2) is 7.88. The summed E-state index contributed by atoms with van der Waals surface area (Å²) in [5, 5.41) is 9.10. The normalized spacial score (nSPS) is 24.9. The van der Waals surface area contributed by atoms with Gasteiger partial charge in [0.15, 0.2) is 0 Å². The monoisotopic (exact) mass is 344 g/mol. The third-order valence-corrected chi connectivity index (χ3v) is 6.10. The summed E-state index contributed by atoms with van der Waals surface area (Å²) >= 11 is 0. The van der Waals surface area contributed by atoms with Gasteiger partial charge in [-0.05, 0) is 62.8 Å². The van der Waals surface area contributed by atoms with Gasteiger partial charge in [-0.3, -0.25) is 9.69 Å². The quantitative estimate of drug-likeness (QED) is 0.893. The van der Waals surface area contributed by atoms with E-state index in [1.807, 2.05) is 4.90 Å². The molecule has 4 heteroatoms. The van der Waals surface area contributed by atoms with Crippen molar-refractivity contribution < 1.29 is 9.90 Å². The van der Waals surface area contributed by atoms with Crippen LogP contribution in [0.2, 0.25) is 0 Å². The highest BCUT2D eigenvalue weighted by atomic mass is 16.3. The Labute approximate surface area is 151 Å². The van der Waals surface area contributed by atoms with Crippen LogP contribution in [0.3, 0.4) is 0 Å². The summed E-state index contributed by atoms with van der Waals surface area (Å²) in [6.45, 7) is 9.41. The number of amides is 1. The van der Waals surface area contributed by atoms with Gasteiger partial charge in [-0.25, -0.2) is 0 Å². The molecule has 25 heavy (non-hydrogen) atoms. The number of aryl methyl sites for hydroxylation is 2. The SMILES string of the molecule is Cc1cccc(C)c1CN1CCCC2(CCC(=O)N(CCCO)C2)C1. The third kappa shape index (κ3) is 4.24. The minimum absolute atomic E-state index is 0.162. The van der Waals surface area contributed by atoms with Crippen molar-refractivity contribution in [1.29, 1.82) is 0 Å². The van der Waals surface area contributed by atoms with Crippen molar-refractivity contribution in [2.24, 2.45) is 5.41 Å². The van der Waals surface area contributed by atoms with Crippen molar-refractivity contribution in [3.05, 3.63) is 34.9 Å². The number of benzene rings is 1. The molecule has 1 spiro atoms. The first-order valence-electron chi connectivity index (χ1n) is 9.69. The van der Waals surface area contributed by atoms with Gasteiger partial charge in [0, 0.05) is 44.6 Å². The zero-order valence-electron chi connectivity index (χ0n) is 15.8. The van der Waals surface area contributed by atoms with Crippen LogP contribution in [0.25, 0.3) is 0 Å². The number of carbonyl (C=O) groups is 1. The summed E-state index contributed by atoms with van der Waals surface area (Å²) in [7, 11) is 0. The fraction of sp³-hybridized carbons (Fsp3) is 0.667. The molecule has 2 saturated heterocycles. The summed E-state index contributed by atoms with van der Waals surface area (Å²) in [6.07, 6.45) is 4.81. The van der Waals surface area contributed by atoms with Gasteiger partial charge < -0.3 is 10.0 Å². The van der Waals surface area contributed by atoms with Crippen LogP contribution < -0.4 is 0 Å². The van der Waals surface area contributed by atoms with Crippen molar-refractivity contribution >= 4 is 5.91 Å². The van der Waals surface area contributed by atoms with Crippen LogP contribution in [0.5, 0.6) is 0 Å². The Morgan fingerprint density at radius 3 is 2.64 bits per heavy atom. The van der Waals surface area contributed by atoms with Gasteiger partial charge in [0.2, 0.25) is 5.91 Å². The summed E-state index contributed by atoms with van der Waals surface area (Å²) in [4.78, 5) is 16.8. The van der Waals surface area contributed by atoms with E-state index in [-0.39, 0.29) is 17.9 Å². The van der Waals surface area contributed by atoms with Gasteiger partial charge in [0.25, 0.3) is 0 Å². The van der Waals surface area contributed by atoms with E-state index in [0.717, 1.165) is 32.6 Å². The van der Waals surface area contributed by atoms with Crippen molar-refractivity contribution in [1.82, 2.24) is 9.80 Å². The molecule has 0 aliphatic carbocycles. The molecule has 0 saturated carbocycles. The van der Waals surface area contributed by atoms with Crippen LogP contribution in [0.4, 0.5) is 0 Å². The van der Waals surface area contributed by atoms with E-state index in [9.17, 15) is 4.79 Å². The lowest BCUT2D eigenvalue weighted by atomic mass is 9.73. The van der Waals surface area contributed by atoms with Crippen LogP contribution in [0.15, 0.2) is 18.2 Å². The molecular formula is C21H32N2O2. The van der Waals surface area contributed by atoms with Gasteiger partial charge in [0.05, 0.1) is 0 Å². The van der Waals surface area contributed by atoms with Crippen molar-refractivity contribution in [2.75, 3.05) is 32.8 Å². The molecule has 2 aliphatic rings. The molecule has 4 nitrogen and oxygen atoms in total. The van der Waals surface area contributed by atoms with Crippen molar-refractivity contribution in [3.8, 4) is 0 Å². The molecule has 2 fully saturated rings. The molecule has 1 N–H and O–H groups in total. The van der Waals surface area contributed by atoms with Crippen molar-refractivity contribution in [3.63, 3.8) is 0 Å². The fourth-order valence-electron chi connectivity index (χ4n) is 4.67. The molecule has 0 bridgehead atoms. The zero-order valence-corrected chi connectivity index (χ0v) is 15.8. The Morgan fingerprint density at radius 1 is 1.16 bits per heavy atom. The third-order valence-electron chi connectivity index (χ3n) is 6.10. The highest BCUT2D eigenvalue weighted by Crippen LogP contribution is 2.39. The van der Waals surface area contributed by atoms with E-state index in [1.165, 1.54) is 29.5 Å². The van der Waals surface area contributed by atoms with Gasteiger partial charge in [0.1, 0.15) is 0 Å². The van der Waals surface area contributed by atoms with Crippen LogP contribution in [0.1, 0.15) is 48.8 Å². The maximum atomic E-state index is 12.2. The number of aliphatic hydroxyl groups excluding tert-OH is 1. The van der Waals surface area contributed by atoms with Gasteiger partial charge >= 0.3 is 0 Å². The second-order valence-corrected chi connectivity index (χ2v) is 8.08. The molecule has 2 aliphatic heterocycles. The van der Waals surface area contributed by atoms with Crippen LogP contribution in [0, 0.1) is 19.3 Å². The molecule has 3 rings (SSSR count). The molecule has 1 amide bonds. The minimum Gasteiger partial charge on any atom is -0.396 e. The summed E-state index contributed by atoms with van der Waals surface area (Å²) < 4.78 is 0. The number of hydrogen-bond acceptors (Lipinski definition) is 3. The largest absolute Gasteiger partial charge is 0.396 e. The Balaban J connectivity index is 1.69. The van der Waals surface area contributed by atoms with Gasteiger partial charge in [-0.1, -0.05) is 18.2 Å². The zero-order chi connectivity index (χ0) is 17.9. The fourth-order valence-corrected chi connectivity index (χ4v) is 4.67. The number of nitrogens with zero attached hydrogens (tertiary/aromatic N) is 2. The Morgan fingerprint density at radius 2 is 1.92 bits per heavy atom. The van der Waals surface area contributed by atoms with Crippen LogP contribution in [-0.2, 0) is 11.3 Å². The van der Waals surface area contributed by atoms with Gasteiger partial charge in [-0.15, -0.1) is 0 Å². The topological polar surface area (TPSA) is 43.8 Å². The maximum absolute atomic E-state index is 12.2. The first kappa shape index (κ1) is 18.4. The summed E-state index contributed by atoms with van der Waals surface area (Å²) in [6, 6.07) is 6.55. The number of carbonyl (C=O) groups excluding carboxylic acids is 1. The van der Waals surface area contributed by atoms with Crippen LogP contribution >= 0.6 is 0 Å². The molecule has 0 radical (unpaired) electrons. The van der Waals surface area contributed by atoms with E-state index in [1.54, 1.807) is 0 Å². The van der Waals surface area contributed by atoms with Crippen molar-refractivity contribution in [2.45, 2.75) is 52.5 Å². The second-order valence-electron chi connectivity index (χ2n) is 8.08. The average molecular weight is 344 g/mol. The predicted molar refractivity (Wildman–Crippen MR) is 100 cm³/mol. The van der Waals surface area contributed by atoms with E-state index in [0.29, 0.717) is 19.4 Å². The minimum atomic E-state index is 0.162. The highest BCUT2D eigenvalue weighted by molar-refractivity contribution is 5.77. The molecule has 138 valence electrons. The molecule has 1 aromatic carbocycles. The number of rotatable bonds is 5. The molecule has 0 aromatic heterocycles. The lowest BCUT2D eigenvalue weighted by molar-refractivity contribution is -0.139. The first-order chi connectivity index (χ1) is 12.0. The smallest absolute Gasteiger partial charge is 0.222 e. The molecule has 2 heterocycles. The van der Waals surface area contributed by atoms with E-state index >= 15 is 0 Å². The number of piperidine rings is 2. The Hall–Kier alpha value is -1.39. The summed E-state index contributed by atoms with van der Waals surface area (Å²) in [5.74, 6) is 0.269. The average Bonchev–Trinajstić information content (AvgIpc) is 2.60. The highest BCUT2D eigenvalue weighted by Gasteiger charge is 2.41. The summed E-state index contributed by atoms with van der Waals surface area (Å²) in [5.41, 5.74) is 4.47. The van der Waals surface area contributed by atoms with E-state index in [4.69, 9.17) is 5.11 Å². The Kier molecular flexibility index (Phi) is 5.80. The lowest BCUT2D eigenvalue weighted by Gasteiger charge is -2.48. The number of aliphatic hydroxyl groups is 1. The number of hydrogen-bond donors (Lipinski definition) is 1. The molecule has 1 aromatic rings. The Bertz CT molecular complexity index is 596. The van der Waals surface area contributed by atoms with E-state index < -0.39 is 0 Å². The molecular weight excluding hydrogens is 312 g/mol. The maximum Gasteiger partial charge on any atom is 0.222 e. The molecule has 1 unspecified atom stereocenters. The first-order valence-corrected chi connectivity index (χ1v) is 9.69. The standard InChI is InChI=1S/C21H32N2O2/c1-17-6-3-7-18(2)19(17)14-22-11-4-9-21(15-22)10-8-20(25)23(16-21)12-5-13-24/h3,6-7,24H,4-5,8-16H2,1-2H3. The molecule has 1 atom stereocenters. The van der Waals surface area contributed by atoms with Gasteiger partial charge in [-0.2, -0.15) is 0 Å².